The molecule has 1 aromatic rings. The molecule has 6 nitrogen and oxygen atoms in total. The molecule has 2 saturated carbocycles. The van der Waals surface area contributed by atoms with Gasteiger partial charge in [0.25, 0.3) is 5.56 Å². The number of fused-ring (bicyclic) bond motifs is 1. The standard InChI is InChI=1S/C11H13IN2O4/c12-6-3-14(10(18)13-9(6)17)7-1-8(16)11(4-15)2-5(7)11/h3,5,7-8,15-16H,1-2,4H2,(H,13,17,18)/t5-,7+,8+,11-/m1/s1. The van der Waals surface area contributed by atoms with Crippen LogP contribution in [0.15, 0.2) is 15.8 Å². The Morgan fingerprint density at radius 2 is 2.28 bits per heavy atom. The molecule has 0 radical (unpaired) electrons. The van der Waals surface area contributed by atoms with E-state index in [1.54, 1.807) is 0 Å². The minimum absolute atomic E-state index is 0.0511. The summed E-state index contributed by atoms with van der Waals surface area (Å²) in [4.78, 5) is 25.4. The van der Waals surface area contributed by atoms with Gasteiger partial charge in [-0.05, 0) is 41.4 Å². The van der Waals surface area contributed by atoms with E-state index < -0.39 is 17.2 Å². The minimum atomic E-state index is -0.575. The van der Waals surface area contributed by atoms with E-state index in [1.165, 1.54) is 10.8 Å². The van der Waals surface area contributed by atoms with Crippen molar-refractivity contribution in [3.63, 3.8) is 0 Å². The number of H-pyrrole nitrogens is 1. The average molecular weight is 364 g/mol. The summed E-state index contributed by atoms with van der Waals surface area (Å²) in [6.07, 6.45) is 2.14. The predicted molar refractivity (Wildman–Crippen MR) is 71.3 cm³/mol. The number of aliphatic hydroxyl groups excluding tert-OH is 2. The Labute approximate surface area is 116 Å². The highest BCUT2D eigenvalue weighted by atomic mass is 127. The lowest BCUT2D eigenvalue weighted by Gasteiger charge is -2.16. The molecule has 0 saturated heterocycles. The van der Waals surface area contributed by atoms with E-state index in [0.717, 1.165) is 6.42 Å². The second-order valence-corrected chi connectivity index (χ2v) is 6.33. The lowest BCUT2D eigenvalue weighted by Crippen LogP contribution is -2.34. The highest BCUT2D eigenvalue weighted by Crippen LogP contribution is 2.66. The summed E-state index contributed by atoms with van der Waals surface area (Å²) in [7, 11) is 0. The van der Waals surface area contributed by atoms with Gasteiger partial charge in [-0.2, -0.15) is 0 Å². The first-order chi connectivity index (χ1) is 8.49. The highest BCUT2D eigenvalue weighted by molar-refractivity contribution is 14.1. The maximum absolute atomic E-state index is 11.8. The minimum Gasteiger partial charge on any atom is -0.396 e. The Bertz CT molecular complexity index is 610. The molecule has 0 unspecified atom stereocenters. The highest BCUT2D eigenvalue weighted by Gasteiger charge is 2.67. The van der Waals surface area contributed by atoms with Crippen molar-refractivity contribution in [2.45, 2.75) is 25.0 Å². The summed E-state index contributed by atoms with van der Waals surface area (Å²) in [5, 5.41) is 19.4. The van der Waals surface area contributed by atoms with Crippen molar-refractivity contribution >= 4 is 22.6 Å². The van der Waals surface area contributed by atoms with Gasteiger partial charge >= 0.3 is 5.69 Å². The number of nitrogens with zero attached hydrogens (tertiary/aromatic N) is 1. The normalized spacial score (nSPS) is 37.6. The lowest BCUT2D eigenvalue weighted by atomic mass is 10.0. The summed E-state index contributed by atoms with van der Waals surface area (Å²) in [6, 6.07) is -0.134. The third-order valence-corrected chi connectivity index (χ3v) is 5.12. The smallest absolute Gasteiger partial charge is 0.328 e. The number of hydrogen-bond acceptors (Lipinski definition) is 4. The molecule has 0 spiro atoms. The second kappa shape index (κ2) is 3.91. The lowest BCUT2D eigenvalue weighted by molar-refractivity contribution is 0.0599. The number of rotatable bonds is 2. The molecule has 2 aliphatic carbocycles. The molecule has 7 heteroatoms. The van der Waals surface area contributed by atoms with Crippen LogP contribution in [0.1, 0.15) is 18.9 Å². The molecule has 1 aromatic heterocycles. The van der Waals surface area contributed by atoms with Crippen molar-refractivity contribution in [2.75, 3.05) is 6.61 Å². The van der Waals surface area contributed by atoms with Crippen LogP contribution in [0.2, 0.25) is 0 Å². The fourth-order valence-corrected chi connectivity index (χ4v) is 3.62. The molecule has 18 heavy (non-hydrogen) atoms. The SMILES string of the molecule is O=c1[nH]c(=O)n([C@H]2C[C@H](O)[C@@]3(CO)C[C@H]23)cc1I. The van der Waals surface area contributed by atoms with Gasteiger partial charge in [0, 0.05) is 17.7 Å². The summed E-state index contributed by atoms with van der Waals surface area (Å²) >= 11 is 1.88. The summed E-state index contributed by atoms with van der Waals surface area (Å²) < 4.78 is 1.94. The van der Waals surface area contributed by atoms with Gasteiger partial charge in [-0.3, -0.25) is 14.3 Å². The molecule has 3 N–H and O–H groups in total. The van der Waals surface area contributed by atoms with Gasteiger partial charge in [0.1, 0.15) is 0 Å². The number of nitrogens with one attached hydrogen (secondary N) is 1. The Balaban J connectivity index is 2.02. The van der Waals surface area contributed by atoms with Crippen LogP contribution >= 0.6 is 22.6 Å². The van der Waals surface area contributed by atoms with Crippen molar-refractivity contribution in [3.8, 4) is 0 Å². The van der Waals surface area contributed by atoms with Crippen LogP contribution < -0.4 is 11.2 Å². The van der Waals surface area contributed by atoms with Crippen molar-refractivity contribution in [1.29, 1.82) is 0 Å². The van der Waals surface area contributed by atoms with Crippen molar-refractivity contribution in [1.82, 2.24) is 9.55 Å². The van der Waals surface area contributed by atoms with E-state index in [0.29, 0.717) is 9.99 Å². The first-order valence-corrected chi connectivity index (χ1v) is 6.87. The van der Waals surface area contributed by atoms with Crippen LogP contribution in [0.25, 0.3) is 0 Å². The quantitative estimate of drug-likeness (QED) is 0.614. The molecule has 0 aromatic carbocycles. The monoisotopic (exact) mass is 364 g/mol. The molecular weight excluding hydrogens is 351 g/mol. The van der Waals surface area contributed by atoms with Crippen LogP contribution in [0.3, 0.4) is 0 Å². The second-order valence-electron chi connectivity index (χ2n) is 5.16. The van der Waals surface area contributed by atoms with Crippen LogP contribution in [-0.2, 0) is 0 Å². The number of aromatic nitrogens is 2. The van der Waals surface area contributed by atoms with Gasteiger partial charge in [-0.25, -0.2) is 4.79 Å². The van der Waals surface area contributed by atoms with Crippen molar-refractivity contribution < 1.29 is 10.2 Å². The maximum atomic E-state index is 11.8. The molecule has 3 rings (SSSR count). The zero-order chi connectivity index (χ0) is 13.1. The summed E-state index contributed by atoms with van der Waals surface area (Å²) in [6.45, 7) is -0.0511. The zero-order valence-electron chi connectivity index (χ0n) is 9.47. The van der Waals surface area contributed by atoms with Crippen LogP contribution in [0.4, 0.5) is 0 Å². The molecule has 0 amide bonds. The first-order valence-electron chi connectivity index (χ1n) is 5.79. The number of aromatic amines is 1. The first kappa shape index (κ1) is 12.4. The van der Waals surface area contributed by atoms with Crippen LogP contribution in [0.5, 0.6) is 0 Å². The van der Waals surface area contributed by atoms with E-state index >= 15 is 0 Å². The van der Waals surface area contributed by atoms with Crippen molar-refractivity contribution in [2.24, 2.45) is 11.3 Å². The van der Waals surface area contributed by atoms with Gasteiger partial charge in [-0.1, -0.05) is 0 Å². The third-order valence-electron chi connectivity index (χ3n) is 4.35. The molecule has 1 heterocycles. The number of aliphatic hydroxyl groups is 2. The largest absolute Gasteiger partial charge is 0.396 e. The maximum Gasteiger partial charge on any atom is 0.328 e. The Kier molecular flexibility index (Phi) is 2.69. The predicted octanol–water partition coefficient (Wildman–Crippen LogP) is -0.555. The van der Waals surface area contributed by atoms with Gasteiger partial charge < -0.3 is 10.2 Å². The van der Waals surface area contributed by atoms with Gasteiger partial charge in [-0.15, -0.1) is 0 Å². The Morgan fingerprint density at radius 1 is 1.56 bits per heavy atom. The fraction of sp³-hybridized carbons (Fsp3) is 0.636. The Morgan fingerprint density at radius 3 is 2.83 bits per heavy atom. The zero-order valence-corrected chi connectivity index (χ0v) is 11.6. The number of halogens is 1. The number of hydrogen-bond donors (Lipinski definition) is 3. The molecule has 98 valence electrons. The van der Waals surface area contributed by atoms with E-state index in [2.05, 4.69) is 4.98 Å². The van der Waals surface area contributed by atoms with E-state index in [9.17, 15) is 19.8 Å². The van der Waals surface area contributed by atoms with Crippen LogP contribution in [-0.4, -0.2) is 32.5 Å². The summed E-state index contributed by atoms with van der Waals surface area (Å²) in [5.41, 5.74) is -1.26. The van der Waals surface area contributed by atoms with Gasteiger partial charge in [0.05, 0.1) is 16.3 Å². The van der Waals surface area contributed by atoms with Gasteiger partial charge in [0.2, 0.25) is 0 Å². The molecular formula is C11H13IN2O4. The van der Waals surface area contributed by atoms with Gasteiger partial charge in [0.15, 0.2) is 0 Å². The third kappa shape index (κ3) is 1.53. The summed E-state index contributed by atoms with van der Waals surface area (Å²) in [5.74, 6) is 0.122. The van der Waals surface area contributed by atoms with E-state index in [1.807, 2.05) is 22.6 Å². The van der Waals surface area contributed by atoms with E-state index in [-0.39, 0.29) is 24.1 Å². The fourth-order valence-electron chi connectivity index (χ4n) is 3.18. The molecule has 2 fully saturated rings. The average Bonchev–Trinajstić information content (AvgIpc) is 3.01. The topological polar surface area (TPSA) is 95.3 Å². The van der Waals surface area contributed by atoms with E-state index in [4.69, 9.17) is 0 Å². The van der Waals surface area contributed by atoms with Crippen molar-refractivity contribution in [3.05, 3.63) is 30.6 Å². The molecule has 4 atom stereocenters. The molecule has 0 bridgehead atoms. The Hall–Kier alpha value is -0.670. The molecule has 2 aliphatic rings. The molecule has 0 aliphatic heterocycles. The van der Waals surface area contributed by atoms with Crippen LogP contribution in [0, 0.1) is 14.9 Å².